The first-order valence-corrected chi connectivity index (χ1v) is 5.70. The number of carbonyl (C=O) groups is 1. The number of aromatic nitrogens is 2. The fourth-order valence-corrected chi connectivity index (χ4v) is 1.97. The Bertz CT molecular complexity index is 481. The molecule has 0 atom stereocenters. The van der Waals surface area contributed by atoms with Gasteiger partial charge in [0, 0.05) is 11.6 Å². The van der Waals surface area contributed by atoms with Gasteiger partial charge in [0.25, 0.3) is 5.91 Å². The molecule has 2 heterocycles. The topological polar surface area (TPSA) is 54.9 Å². The molecule has 0 saturated heterocycles. The van der Waals surface area contributed by atoms with Crippen LogP contribution in [0.5, 0.6) is 0 Å². The van der Waals surface area contributed by atoms with E-state index < -0.39 is 0 Å². The van der Waals surface area contributed by atoms with Crippen LogP contribution in [0.1, 0.15) is 21.7 Å². The Labute approximate surface area is 97.5 Å². The van der Waals surface area contributed by atoms with Crippen molar-refractivity contribution in [2.24, 2.45) is 0 Å². The molecule has 1 amide bonds. The fraction of sp³-hybridized carbons (Fsp3) is 0.182. The molecule has 5 heteroatoms. The number of nitrogens with zero attached hydrogens (tertiary/aromatic N) is 2. The molecule has 2 aromatic heterocycles. The zero-order valence-electron chi connectivity index (χ0n) is 8.80. The van der Waals surface area contributed by atoms with Crippen LogP contribution in [0.25, 0.3) is 0 Å². The zero-order chi connectivity index (χ0) is 11.4. The Balaban J connectivity index is 1.97. The highest BCUT2D eigenvalue weighted by Crippen LogP contribution is 2.08. The van der Waals surface area contributed by atoms with E-state index in [9.17, 15) is 4.79 Å². The summed E-state index contributed by atoms with van der Waals surface area (Å²) in [6.45, 7) is 2.27. The smallest absolute Gasteiger partial charge is 0.254 e. The summed E-state index contributed by atoms with van der Waals surface area (Å²) in [5.74, 6) is -0.100. The molecule has 82 valence electrons. The van der Waals surface area contributed by atoms with Gasteiger partial charge in [-0.3, -0.25) is 9.78 Å². The van der Waals surface area contributed by atoms with E-state index in [2.05, 4.69) is 14.7 Å². The molecule has 0 bridgehead atoms. The second-order valence-corrected chi connectivity index (χ2v) is 3.95. The van der Waals surface area contributed by atoms with Gasteiger partial charge in [-0.25, -0.2) is 0 Å². The van der Waals surface area contributed by atoms with Crippen molar-refractivity contribution in [3.05, 3.63) is 46.7 Å². The average Bonchev–Trinajstić information content (AvgIpc) is 2.74. The Morgan fingerprint density at radius 1 is 1.50 bits per heavy atom. The number of hydrogen-bond donors (Lipinski definition) is 1. The monoisotopic (exact) mass is 233 g/mol. The van der Waals surface area contributed by atoms with Crippen LogP contribution in [-0.4, -0.2) is 15.3 Å². The number of rotatable bonds is 3. The zero-order valence-corrected chi connectivity index (χ0v) is 9.62. The third-order valence-electron chi connectivity index (χ3n) is 2.15. The summed E-state index contributed by atoms with van der Waals surface area (Å²) in [5.41, 5.74) is 2.25. The van der Waals surface area contributed by atoms with Gasteiger partial charge < -0.3 is 5.32 Å². The number of nitrogens with one attached hydrogen (secondary N) is 1. The standard InChI is InChI=1S/C11H11N3OS/c1-8-10(7-16-14-8)11(15)13-6-9-4-2-3-5-12-9/h2-5,7H,6H2,1H3,(H,13,15). The predicted octanol–water partition coefficient (Wildman–Crippen LogP) is 1.78. The predicted molar refractivity (Wildman–Crippen MR) is 62.3 cm³/mol. The molecule has 16 heavy (non-hydrogen) atoms. The molecule has 0 aromatic carbocycles. The summed E-state index contributed by atoms with van der Waals surface area (Å²) in [6, 6.07) is 5.61. The lowest BCUT2D eigenvalue weighted by molar-refractivity contribution is 0.0950. The number of aryl methyl sites for hydroxylation is 1. The van der Waals surface area contributed by atoms with Gasteiger partial charge in [-0.15, -0.1) is 0 Å². The van der Waals surface area contributed by atoms with Gasteiger partial charge >= 0.3 is 0 Å². The van der Waals surface area contributed by atoms with Crippen LogP contribution >= 0.6 is 11.5 Å². The maximum atomic E-state index is 11.7. The number of hydrogen-bond acceptors (Lipinski definition) is 4. The third-order valence-corrected chi connectivity index (χ3v) is 2.87. The molecule has 0 aliphatic carbocycles. The number of pyridine rings is 1. The van der Waals surface area contributed by atoms with Crippen molar-refractivity contribution in [2.45, 2.75) is 13.5 Å². The van der Waals surface area contributed by atoms with Gasteiger partial charge in [0.15, 0.2) is 0 Å². The van der Waals surface area contributed by atoms with Crippen LogP contribution < -0.4 is 5.32 Å². The molecule has 0 aliphatic rings. The van der Waals surface area contributed by atoms with Gasteiger partial charge in [-0.05, 0) is 30.6 Å². The van der Waals surface area contributed by atoms with E-state index in [1.54, 1.807) is 11.6 Å². The minimum absolute atomic E-state index is 0.100. The molecule has 4 nitrogen and oxygen atoms in total. The number of carbonyl (C=O) groups excluding carboxylic acids is 1. The summed E-state index contributed by atoms with van der Waals surface area (Å²) in [4.78, 5) is 15.9. The van der Waals surface area contributed by atoms with E-state index in [0.29, 0.717) is 12.1 Å². The molecule has 1 N–H and O–H groups in total. The molecule has 2 rings (SSSR count). The molecule has 0 spiro atoms. The van der Waals surface area contributed by atoms with Crippen LogP contribution in [0.4, 0.5) is 0 Å². The first-order chi connectivity index (χ1) is 7.77. The van der Waals surface area contributed by atoms with Crippen molar-refractivity contribution >= 4 is 17.4 Å². The molecule has 0 radical (unpaired) electrons. The molecular weight excluding hydrogens is 222 g/mol. The highest BCUT2D eigenvalue weighted by molar-refractivity contribution is 7.03. The van der Waals surface area contributed by atoms with Crippen molar-refractivity contribution in [3.63, 3.8) is 0 Å². The first kappa shape index (κ1) is 10.8. The average molecular weight is 233 g/mol. The fourth-order valence-electron chi connectivity index (χ4n) is 1.28. The normalized spacial score (nSPS) is 10.1. The maximum absolute atomic E-state index is 11.7. The minimum atomic E-state index is -0.100. The van der Waals surface area contributed by atoms with E-state index in [0.717, 1.165) is 11.4 Å². The van der Waals surface area contributed by atoms with Crippen molar-refractivity contribution in [2.75, 3.05) is 0 Å². The van der Waals surface area contributed by atoms with E-state index in [1.807, 2.05) is 25.1 Å². The van der Waals surface area contributed by atoms with E-state index in [4.69, 9.17) is 0 Å². The maximum Gasteiger partial charge on any atom is 0.254 e. The van der Waals surface area contributed by atoms with Crippen molar-refractivity contribution < 1.29 is 4.79 Å². The summed E-state index contributed by atoms with van der Waals surface area (Å²) in [5, 5.41) is 4.56. The van der Waals surface area contributed by atoms with E-state index >= 15 is 0 Å². The molecule has 0 saturated carbocycles. The first-order valence-electron chi connectivity index (χ1n) is 4.86. The van der Waals surface area contributed by atoms with Gasteiger partial charge in [-0.2, -0.15) is 4.37 Å². The molecule has 0 aliphatic heterocycles. The van der Waals surface area contributed by atoms with Gasteiger partial charge in [0.2, 0.25) is 0 Å². The van der Waals surface area contributed by atoms with Crippen molar-refractivity contribution in [3.8, 4) is 0 Å². The summed E-state index contributed by atoms with van der Waals surface area (Å²) >= 11 is 1.29. The molecule has 0 fully saturated rings. The van der Waals surface area contributed by atoms with Crippen molar-refractivity contribution in [1.82, 2.24) is 14.7 Å². The van der Waals surface area contributed by atoms with Crippen molar-refractivity contribution in [1.29, 1.82) is 0 Å². The van der Waals surface area contributed by atoms with Gasteiger partial charge in [0.05, 0.1) is 23.5 Å². The highest BCUT2D eigenvalue weighted by Gasteiger charge is 2.10. The Morgan fingerprint density at radius 2 is 2.38 bits per heavy atom. The van der Waals surface area contributed by atoms with Crippen LogP contribution in [0.2, 0.25) is 0 Å². The lowest BCUT2D eigenvalue weighted by Crippen LogP contribution is -2.23. The van der Waals surface area contributed by atoms with Crippen LogP contribution in [0.15, 0.2) is 29.8 Å². The summed E-state index contributed by atoms with van der Waals surface area (Å²) in [7, 11) is 0. The molecule has 2 aromatic rings. The quantitative estimate of drug-likeness (QED) is 0.879. The van der Waals surface area contributed by atoms with Crippen LogP contribution in [-0.2, 0) is 6.54 Å². The molecule has 0 unspecified atom stereocenters. The summed E-state index contributed by atoms with van der Waals surface area (Å²) in [6.07, 6.45) is 1.71. The van der Waals surface area contributed by atoms with E-state index in [-0.39, 0.29) is 5.91 Å². The highest BCUT2D eigenvalue weighted by atomic mass is 32.1. The summed E-state index contributed by atoms with van der Waals surface area (Å²) < 4.78 is 4.06. The molecular formula is C11H11N3OS. The second-order valence-electron chi connectivity index (χ2n) is 3.32. The lowest BCUT2D eigenvalue weighted by Gasteiger charge is -2.03. The lowest BCUT2D eigenvalue weighted by atomic mass is 10.2. The minimum Gasteiger partial charge on any atom is -0.346 e. The number of amides is 1. The van der Waals surface area contributed by atoms with Gasteiger partial charge in [0.1, 0.15) is 0 Å². The van der Waals surface area contributed by atoms with Crippen LogP contribution in [0, 0.1) is 6.92 Å². The Morgan fingerprint density at radius 3 is 3.00 bits per heavy atom. The third kappa shape index (κ3) is 2.43. The van der Waals surface area contributed by atoms with E-state index in [1.165, 1.54) is 11.5 Å². The SMILES string of the molecule is Cc1nscc1C(=O)NCc1ccccn1. The Kier molecular flexibility index (Phi) is 3.26. The second kappa shape index (κ2) is 4.85. The van der Waals surface area contributed by atoms with Crippen LogP contribution in [0.3, 0.4) is 0 Å². The van der Waals surface area contributed by atoms with Gasteiger partial charge in [-0.1, -0.05) is 6.07 Å². The largest absolute Gasteiger partial charge is 0.346 e. The Hall–Kier alpha value is -1.75.